The van der Waals surface area contributed by atoms with Gasteiger partial charge in [-0.25, -0.2) is 9.97 Å². The highest BCUT2D eigenvalue weighted by Crippen LogP contribution is 2.47. The number of aromatic nitrogens is 2. The van der Waals surface area contributed by atoms with Crippen molar-refractivity contribution in [1.82, 2.24) is 15.3 Å². The van der Waals surface area contributed by atoms with E-state index in [1.807, 2.05) is 19.3 Å². The maximum Gasteiger partial charge on any atom is 0.145 e. The van der Waals surface area contributed by atoms with E-state index >= 15 is 0 Å². The predicted molar refractivity (Wildman–Crippen MR) is 85.2 cm³/mol. The molecule has 1 aliphatic rings. The van der Waals surface area contributed by atoms with E-state index in [9.17, 15) is 0 Å². The third-order valence-corrected chi connectivity index (χ3v) is 4.24. The van der Waals surface area contributed by atoms with Gasteiger partial charge in [0.1, 0.15) is 5.82 Å². The lowest BCUT2D eigenvalue weighted by Crippen LogP contribution is -2.39. The summed E-state index contributed by atoms with van der Waals surface area (Å²) in [6, 6.07) is 0.141. The fraction of sp³-hybridized carbons (Fsp3) is 0.765. The van der Waals surface area contributed by atoms with Crippen molar-refractivity contribution in [1.29, 1.82) is 0 Å². The molecule has 0 radical (unpaired) electrons. The van der Waals surface area contributed by atoms with Gasteiger partial charge in [-0.1, -0.05) is 6.92 Å². The third kappa shape index (κ3) is 3.80. The van der Waals surface area contributed by atoms with Gasteiger partial charge in [0.2, 0.25) is 0 Å². The van der Waals surface area contributed by atoms with E-state index in [-0.39, 0.29) is 17.2 Å². The smallest absolute Gasteiger partial charge is 0.145 e. The van der Waals surface area contributed by atoms with E-state index in [0.717, 1.165) is 30.8 Å². The lowest BCUT2D eigenvalue weighted by Gasteiger charge is -2.32. The zero-order valence-corrected chi connectivity index (χ0v) is 14.2. The van der Waals surface area contributed by atoms with Crippen molar-refractivity contribution in [3.63, 3.8) is 0 Å². The van der Waals surface area contributed by atoms with Crippen LogP contribution in [0.3, 0.4) is 0 Å². The fourth-order valence-electron chi connectivity index (χ4n) is 3.40. The van der Waals surface area contributed by atoms with Gasteiger partial charge >= 0.3 is 0 Å². The summed E-state index contributed by atoms with van der Waals surface area (Å²) < 4.78 is 6.26. The summed E-state index contributed by atoms with van der Waals surface area (Å²) in [5.41, 5.74) is 0.823. The van der Waals surface area contributed by atoms with Crippen molar-refractivity contribution < 1.29 is 4.74 Å². The first-order chi connectivity index (χ1) is 9.75. The van der Waals surface area contributed by atoms with Crippen LogP contribution in [0.2, 0.25) is 0 Å². The van der Waals surface area contributed by atoms with Gasteiger partial charge in [-0.3, -0.25) is 0 Å². The van der Waals surface area contributed by atoms with Crippen LogP contribution >= 0.6 is 0 Å². The average Bonchev–Trinajstić information content (AvgIpc) is 2.60. The summed E-state index contributed by atoms with van der Waals surface area (Å²) in [6.07, 6.45) is 5.91. The van der Waals surface area contributed by atoms with Crippen LogP contribution < -0.4 is 5.32 Å². The largest absolute Gasteiger partial charge is 0.369 e. The van der Waals surface area contributed by atoms with Crippen molar-refractivity contribution in [3.05, 3.63) is 23.8 Å². The molecule has 0 amide bonds. The van der Waals surface area contributed by atoms with Crippen molar-refractivity contribution in [2.45, 2.75) is 71.6 Å². The highest BCUT2D eigenvalue weighted by Gasteiger charge is 2.49. The normalized spacial score (nSPS) is 25.0. The van der Waals surface area contributed by atoms with Crippen molar-refractivity contribution in [2.75, 3.05) is 6.54 Å². The second kappa shape index (κ2) is 6.01. The standard InChI is InChI=1S/C17H29N3O/c1-7-8-18-14(15-19-10-12(2)11-20-15)13-9-16(3,4)21-17(13,5)6/h10-11,13-14,18H,7-9H2,1-6H3. The van der Waals surface area contributed by atoms with Crippen LogP contribution in [0, 0.1) is 12.8 Å². The summed E-state index contributed by atoms with van der Waals surface area (Å²) in [6.45, 7) is 13.9. The SMILES string of the molecule is CCCNC(c1ncc(C)cn1)C1CC(C)(C)OC1(C)C. The number of ether oxygens (including phenoxy) is 1. The Morgan fingerprint density at radius 1 is 1.29 bits per heavy atom. The number of rotatable bonds is 5. The van der Waals surface area contributed by atoms with Gasteiger partial charge in [-0.2, -0.15) is 0 Å². The monoisotopic (exact) mass is 291 g/mol. The van der Waals surface area contributed by atoms with E-state index in [1.54, 1.807) is 0 Å². The van der Waals surface area contributed by atoms with Crippen LogP contribution in [0.15, 0.2) is 12.4 Å². The average molecular weight is 291 g/mol. The Balaban J connectivity index is 2.29. The number of hydrogen-bond acceptors (Lipinski definition) is 4. The molecule has 2 rings (SSSR count). The fourth-order valence-corrected chi connectivity index (χ4v) is 3.40. The Morgan fingerprint density at radius 3 is 2.38 bits per heavy atom. The Bertz CT molecular complexity index is 467. The van der Waals surface area contributed by atoms with Crippen LogP contribution in [0.1, 0.15) is 64.9 Å². The molecule has 21 heavy (non-hydrogen) atoms. The van der Waals surface area contributed by atoms with Gasteiger partial charge in [0.15, 0.2) is 0 Å². The molecule has 0 saturated carbocycles. The second-order valence-corrected chi connectivity index (χ2v) is 7.33. The molecule has 1 saturated heterocycles. The van der Waals surface area contributed by atoms with Gasteiger partial charge in [0.25, 0.3) is 0 Å². The zero-order chi connectivity index (χ0) is 15.7. The van der Waals surface area contributed by atoms with Gasteiger partial charge in [0.05, 0.1) is 17.2 Å². The molecule has 0 aliphatic carbocycles. The van der Waals surface area contributed by atoms with Crippen molar-refractivity contribution in [2.24, 2.45) is 5.92 Å². The molecule has 0 aromatic carbocycles. The molecule has 1 aromatic rings. The minimum Gasteiger partial charge on any atom is -0.369 e. The van der Waals surface area contributed by atoms with Gasteiger partial charge in [0, 0.05) is 18.3 Å². The van der Waals surface area contributed by atoms with Crippen LogP contribution in [-0.4, -0.2) is 27.7 Å². The molecule has 4 nitrogen and oxygen atoms in total. The molecular weight excluding hydrogens is 262 g/mol. The summed E-state index contributed by atoms with van der Waals surface area (Å²) in [5.74, 6) is 1.25. The zero-order valence-electron chi connectivity index (χ0n) is 14.2. The molecule has 2 heterocycles. The quantitative estimate of drug-likeness (QED) is 0.903. The molecule has 1 aromatic heterocycles. The van der Waals surface area contributed by atoms with Crippen LogP contribution in [0.5, 0.6) is 0 Å². The topological polar surface area (TPSA) is 47.0 Å². The molecule has 1 N–H and O–H groups in total. The predicted octanol–water partition coefficient (Wildman–Crippen LogP) is 3.42. The molecule has 1 aliphatic heterocycles. The molecule has 4 heteroatoms. The first-order valence-corrected chi connectivity index (χ1v) is 7.97. The Morgan fingerprint density at radius 2 is 1.90 bits per heavy atom. The maximum absolute atomic E-state index is 6.26. The lowest BCUT2D eigenvalue weighted by molar-refractivity contribution is -0.0781. The summed E-state index contributed by atoms with van der Waals surface area (Å²) >= 11 is 0. The second-order valence-electron chi connectivity index (χ2n) is 7.33. The summed E-state index contributed by atoms with van der Waals surface area (Å²) in [7, 11) is 0. The van der Waals surface area contributed by atoms with E-state index in [1.165, 1.54) is 0 Å². The van der Waals surface area contributed by atoms with E-state index in [0.29, 0.717) is 5.92 Å². The number of hydrogen-bond donors (Lipinski definition) is 1. The highest BCUT2D eigenvalue weighted by molar-refractivity contribution is 5.10. The number of aryl methyl sites for hydroxylation is 1. The van der Waals surface area contributed by atoms with E-state index in [2.05, 4.69) is 49.9 Å². The minimum absolute atomic E-state index is 0.0923. The molecule has 0 spiro atoms. The van der Waals surface area contributed by atoms with E-state index < -0.39 is 0 Å². The Hall–Kier alpha value is -1.00. The third-order valence-electron chi connectivity index (χ3n) is 4.24. The lowest BCUT2D eigenvalue weighted by atomic mass is 9.81. The van der Waals surface area contributed by atoms with Crippen LogP contribution in [-0.2, 0) is 4.74 Å². The first-order valence-electron chi connectivity index (χ1n) is 7.97. The maximum atomic E-state index is 6.26. The van der Waals surface area contributed by atoms with Crippen LogP contribution in [0.25, 0.3) is 0 Å². The Labute approximate surface area is 128 Å². The van der Waals surface area contributed by atoms with Gasteiger partial charge in [-0.05, 0) is 59.6 Å². The molecule has 2 atom stereocenters. The van der Waals surface area contributed by atoms with Crippen molar-refractivity contribution in [3.8, 4) is 0 Å². The summed E-state index contributed by atoms with van der Waals surface area (Å²) in [4.78, 5) is 9.12. The first kappa shape index (κ1) is 16.4. The van der Waals surface area contributed by atoms with Crippen molar-refractivity contribution >= 4 is 0 Å². The van der Waals surface area contributed by atoms with E-state index in [4.69, 9.17) is 4.74 Å². The summed E-state index contributed by atoms with van der Waals surface area (Å²) in [5, 5.41) is 3.64. The molecule has 0 bridgehead atoms. The minimum atomic E-state index is -0.177. The number of nitrogens with zero attached hydrogens (tertiary/aromatic N) is 2. The van der Waals surface area contributed by atoms with Crippen LogP contribution in [0.4, 0.5) is 0 Å². The Kier molecular flexibility index (Phi) is 4.69. The van der Waals surface area contributed by atoms with Gasteiger partial charge < -0.3 is 10.1 Å². The highest BCUT2D eigenvalue weighted by atomic mass is 16.5. The molecule has 118 valence electrons. The van der Waals surface area contributed by atoms with Gasteiger partial charge in [-0.15, -0.1) is 0 Å². The molecule has 1 fully saturated rings. The molecular formula is C17H29N3O. The number of nitrogens with one attached hydrogen (secondary N) is 1. The molecule has 2 unspecified atom stereocenters.